The lowest BCUT2D eigenvalue weighted by Crippen LogP contribution is -2.48. The van der Waals surface area contributed by atoms with Gasteiger partial charge in [0.25, 0.3) is 0 Å². The van der Waals surface area contributed by atoms with E-state index in [2.05, 4.69) is 31.0 Å². The molecule has 0 aromatic heterocycles. The minimum atomic E-state index is 0.279. The lowest BCUT2D eigenvalue weighted by atomic mass is 10.1. The largest absolute Gasteiger partial charge is 0.346 e. The number of amides is 1. The highest BCUT2D eigenvalue weighted by Gasteiger charge is 2.20. The molecule has 0 aliphatic carbocycles. The molecule has 0 saturated carbocycles. The number of nitrogens with zero attached hydrogens (tertiary/aromatic N) is 2. The fraction of sp³-hybridized carbons (Fsp3) is 0.929. The molecule has 0 spiro atoms. The lowest BCUT2D eigenvalue weighted by molar-refractivity contribution is -0.131. The van der Waals surface area contributed by atoms with Gasteiger partial charge in [-0.15, -0.1) is 0 Å². The van der Waals surface area contributed by atoms with Crippen LogP contribution in [0.4, 0.5) is 0 Å². The van der Waals surface area contributed by atoms with Crippen molar-refractivity contribution in [3.8, 4) is 0 Å². The molecular formula is C14H29N3O. The Balaban J connectivity index is 2.29. The average Bonchev–Trinajstić information content (AvgIpc) is 2.36. The molecule has 4 nitrogen and oxygen atoms in total. The highest BCUT2D eigenvalue weighted by atomic mass is 16.2. The SMILES string of the molecule is CC(C)CCN(C)C(=O)CC(C)N1CCNCC1. The molecule has 1 heterocycles. The normalized spacial score (nSPS) is 18.9. The van der Waals surface area contributed by atoms with Crippen LogP contribution in [0.25, 0.3) is 0 Å². The van der Waals surface area contributed by atoms with Crippen molar-refractivity contribution in [1.82, 2.24) is 15.1 Å². The summed E-state index contributed by atoms with van der Waals surface area (Å²) in [6.07, 6.45) is 1.73. The second-order valence-electron chi connectivity index (χ2n) is 5.84. The van der Waals surface area contributed by atoms with Gasteiger partial charge in [0.15, 0.2) is 0 Å². The van der Waals surface area contributed by atoms with Crippen LogP contribution in [-0.4, -0.2) is 61.5 Å². The van der Waals surface area contributed by atoms with Crippen LogP contribution in [0, 0.1) is 5.92 Å². The molecule has 0 bridgehead atoms. The number of carbonyl (C=O) groups excluding carboxylic acids is 1. The van der Waals surface area contributed by atoms with E-state index in [4.69, 9.17) is 0 Å². The number of piperazine rings is 1. The van der Waals surface area contributed by atoms with Gasteiger partial charge in [-0.05, 0) is 19.3 Å². The third-order valence-corrected chi connectivity index (χ3v) is 3.71. The van der Waals surface area contributed by atoms with E-state index in [1.165, 1.54) is 0 Å². The van der Waals surface area contributed by atoms with Gasteiger partial charge < -0.3 is 10.2 Å². The van der Waals surface area contributed by atoms with Crippen molar-refractivity contribution in [2.75, 3.05) is 39.8 Å². The van der Waals surface area contributed by atoms with Crippen molar-refractivity contribution in [2.24, 2.45) is 5.92 Å². The first-order valence-corrected chi connectivity index (χ1v) is 7.19. The van der Waals surface area contributed by atoms with Crippen molar-refractivity contribution in [3.05, 3.63) is 0 Å². The Morgan fingerprint density at radius 2 is 1.89 bits per heavy atom. The molecule has 1 unspecified atom stereocenters. The molecule has 0 aromatic rings. The average molecular weight is 255 g/mol. The van der Waals surface area contributed by atoms with Crippen LogP contribution < -0.4 is 5.32 Å². The molecule has 1 saturated heterocycles. The molecule has 1 fully saturated rings. The van der Waals surface area contributed by atoms with Gasteiger partial charge in [0.05, 0.1) is 0 Å². The van der Waals surface area contributed by atoms with Crippen LogP contribution in [0.15, 0.2) is 0 Å². The number of hydrogen-bond acceptors (Lipinski definition) is 3. The fourth-order valence-electron chi connectivity index (χ4n) is 2.24. The first kappa shape index (κ1) is 15.4. The summed E-state index contributed by atoms with van der Waals surface area (Å²) in [7, 11) is 1.93. The molecule has 1 rings (SSSR count). The van der Waals surface area contributed by atoms with E-state index in [1.54, 1.807) is 0 Å². The van der Waals surface area contributed by atoms with Gasteiger partial charge in [0.1, 0.15) is 0 Å². The van der Waals surface area contributed by atoms with E-state index < -0.39 is 0 Å². The van der Waals surface area contributed by atoms with Crippen molar-refractivity contribution < 1.29 is 4.79 Å². The number of nitrogens with one attached hydrogen (secondary N) is 1. The molecule has 4 heteroatoms. The van der Waals surface area contributed by atoms with Crippen LogP contribution in [0.3, 0.4) is 0 Å². The summed E-state index contributed by atoms with van der Waals surface area (Å²) >= 11 is 0. The van der Waals surface area contributed by atoms with Crippen molar-refractivity contribution in [2.45, 2.75) is 39.7 Å². The maximum Gasteiger partial charge on any atom is 0.223 e. The molecule has 1 amide bonds. The minimum absolute atomic E-state index is 0.279. The smallest absolute Gasteiger partial charge is 0.223 e. The van der Waals surface area contributed by atoms with Gasteiger partial charge in [-0.25, -0.2) is 0 Å². The Kier molecular flexibility index (Phi) is 6.65. The Morgan fingerprint density at radius 3 is 2.44 bits per heavy atom. The predicted molar refractivity (Wildman–Crippen MR) is 75.6 cm³/mol. The molecule has 1 aliphatic heterocycles. The Morgan fingerprint density at radius 1 is 1.28 bits per heavy atom. The standard InChI is InChI=1S/C14H29N3O/c1-12(2)5-8-16(4)14(18)11-13(3)17-9-6-15-7-10-17/h12-13,15H,5-11H2,1-4H3. The highest BCUT2D eigenvalue weighted by molar-refractivity contribution is 5.76. The molecule has 1 N–H and O–H groups in total. The maximum atomic E-state index is 12.1. The van der Waals surface area contributed by atoms with Crippen molar-refractivity contribution in [3.63, 3.8) is 0 Å². The van der Waals surface area contributed by atoms with Crippen LogP contribution in [-0.2, 0) is 4.79 Å². The van der Waals surface area contributed by atoms with E-state index in [9.17, 15) is 4.79 Å². The Bertz CT molecular complexity index is 249. The summed E-state index contributed by atoms with van der Waals surface area (Å²) < 4.78 is 0. The zero-order valence-corrected chi connectivity index (χ0v) is 12.4. The number of rotatable bonds is 6. The van der Waals surface area contributed by atoms with E-state index in [0.717, 1.165) is 39.1 Å². The summed E-state index contributed by atoms with van der Waals surface area (Å²) in [6, 6.07) is 0.362. The second-order valence-corrected chi connectivity index (χ2v) is 5.84. The number of carbonyl (C=O) groups is 1. The summed E-state index contributed by atoms with van der Waals surface area (Å²) in [5.41, 5.74) is 0. The van der Waals surface area contributed by atoms with Crippen LogP contribution >= 0.6 is 0 Å². The molecular weight excluding hydrogens is 226 g/mol. The van der Waals surface area contributed by atoms with Gasteiger partial charge in [0, 0.05) is 52.2 Å². The third kappa shape index (κ3) is 5.36. The maximum absolute atomic E-state index is 12.1. The van der Waals surface area contributed by atoms with Crippen LogP contribution in [0.1, 0.15) is 33.6 Å². The van der Waals surface area contributed by atoms with Gasteiger partial charge >= 0.3 is 0 Å². The highest BCUT2D eigenvalue weighted by Crippen LogP contribution is 2.08. The number of hydrogen-bond donors (Lipinski definition) is 1. The van der Waals surface area contributed by atoms with Gasteiger partial charge in [-0.3, -0.25) is 9.69 Å². The first-order valence-electron chi connectivity index (χ1n) is 7.19. The third-order valence-electron chi connectivity index (χ3n) is 3.71. The summed E-state index contributed by atoms with van der Waals surface area (Å²) in [6.45, 7) is 11.6. The predicted octanol–water partition coefficient (Wildman–Crippen LogP) is 1.17. The second kappa shape index (κ2) is 7.74. The van der Waals surface area contributed by atoms with Gasteiger partial charge in [0.2, 0.25) is 5.91 Å². The first-order chi connectivity index (χ1) is 8.50. The van der Waals surface area contributed by atoms with Crippen molar-refractivity contribution >= 4 is 5.91 Å². The molecule has 106 valence electrons. The fourth-order valence-corrected chi connectivity index (χ4v) is 2.24. The zero-order valence-electron chi connectivity index (χ0n) is 12.4. The van der Waals surface area contributed by atoms with Crippen LogP contribution in [0.2, 0.25) is 0 Å². The van der Waals surface area contributed by atoms with Crippen LogP contribution in [0.5, 0.6) is 0 Å². The topological polar surface area (TPSA) is 35.6 Å². The van der Waals surface area contributed by atoms with E-state index >= 15 is 0 Å². The van der Waals surface area contributed by atoms with Gasteiger partial charge in [-0.2, -0.15) is 0 Å². The van der Waals surface area contributed by atoms with Crippen molar-refractivity contribution in [1.29, 1.82) is 0 Å². The quantitative estimate of drug-likeness (QED) is 0.774. The summed E-state index contributed by atoms with van der Waals surface area (Å²) in [4.78, 5) is 16.4. The van der Waals surface area contributed by atoms with E-state index in [-0.39, 0.29) is 5.91 Å². The molecule has 1 atom stereocenters. The van der Waals surface area contributed by atoms with Gasteiger partial charge in [-0.1, -0.05) is 13.8 Å². The Labute approximate surface area is 112 Å². The monoisotopic (exact) mass is 255 g/mol. The molecule has 0 aromatic carbocycles. The zero-order chi connectivity index (χ0) is 13.5. The minimum Gasteiger partial charge on any atom is -0.346 e. The van der Waals surface area contributed by atoms with E-state index in [0.29, 0.717) is 18.4 Å². The Hall–Kier alpha value is -0.610. The molecule has 18 heavy (non-hydrogen) atoms. The molecule has 1 aliphatic rings. The summed E-state index contributed by atoms with van der Waals surface area (Å²) in [5.74, 6) is 0.938. The van der Waals surface area contributed by atoms with E-state index in [1.807, 2.05) is 11.9 Å². The molecule has 0 radical (unpaired) electrons. The summed E-state index contributed by atoms with van der Waals surface area (Å²) in [5, 5.41) is 3.34. The lowest BCUT2D eigenvalue weighted by Gasteiger charge is -2.33.